The van der Waals surface area contributed by atoms with Crippen LogP contribution in [-0.2, 0) is 0 Å². The molecule has 84 valence electrons. The maximum Gasteiger partial charge on any atom is 0.0298 e. The maximum atomic E-state index is 5.51. The van der Waals surface area contributed by atoms with Crippen molar-refractivity contribution in [3.8, 4) is 0 Å². The Labute approximate surface area is 96.5 Å². The molecule has 0 bridgehead atoms. The first-order valence-corrected chi connectivity index (χ1v) is 5.74. The summed E-state index contributed by atoms with van der Waals surface area (Å²) in [5.74, 6) is 0. The third kappa shape index (κ3) is 2.23. The van der Waals surface area contributed by atoms with Crippen molar-refractivity contribution in [1.29, 1.82) is 0 Å². The van der Waals surface area contributed by atoms with Crippen LogP contribution in [0.4, 0.5) is 0 Å². The molecule has 0 fully saturated rings. The Morgan fingerprint density at radius 2 is 1.88 bits per heavy atom. The van der Waals surface area contributed by atoms with Gasteiger partial charge in [0.2, 0.25) is 0 Å². The molecule has 2 aromatic carbocycles. The summed E-state index contributed by atoms with van der Waals surface area (Å²) in [7, 11) is 0. The SMILES string of the molecule is CC(NCCN)c1cccc2ccccc12. The van der Waals surface area contributed by atoms with Crippen LogP contribution in [0.25, 0.3) is 10.8 Å². The number of hydrogen-bond acceptors (Lipinski definition) is 2. The fourth-order valence-corrected chi connectivity index (χ4v) is 2.04. The highest BCUT2D eigenvalue weighted by Crippen LogP contribution is 2.23. The number of fused-ring (bicyclic) bond motifs is 1. The first-order valence-electron chi connectivity index (χ1n) is 5.74. The zero-order valence-electron chi connectivity index (χ0n) is 9.61. The molecule has 0 heterocycles. The Bertz CT molecular complexity index is 460. The lowest BCUT2D eigenvalue weighted by Gasteiger charge is -2.15. The molecular formula is C14H18N2. The monoisotopic (exact) mass is 214 g/mol. The van der Waals surface area contributed by atoms with Crippen molar-refractivity contribution in [1.82, 2.24) is 5.32 Å². The normalized spacial score (nSPS) is 12.9. The molecule has 2 heteroatoms. The van der Waals surface area contributed by atoms with Crippen molar-refractivity contribution in [2.45, 2.75) is 13.0 Å². The van der Waals surface area contributed by atoms with E-state index in [9.17, 15) is 0 Å². The molecular weight excluding hydrogens is 196 g/mol. The Morgan fingerprint density at radius 3 is 2.69 bits per heavy atom. The Hall–Kier alpha value is -1.38. The van der Waals surface area contributed by atoms with Gasteiger partial charge in [-0.2, -0.15) is 0 Å². The Morgan fingerprint density at radius 1 is 1.12 bits per heavy atom. The minimum atomic E-state index is 0.342. The predicted octanol–water partition coefficient (Wildman–Crippen LogP) is 2.45. The molecule has 0 aliphatic carbocycles. The quantitative estimate of drug-likeness (QED) is 0.820. The van der Waals surface area contributed by atoms with Crippen molar-refractivity contribution in [2.75, 3.05) is 13.1 Å². The highest BCUT2D eigenvalue weighted by molar-refractivity contribution is 5.86. The van der Waals surface area contributed by atoms with Gasteiger partial charge in [0.15, 0.2) is 0 Å². The van der Waals surface area contributed by atoms with Crippen LogP contribution in [0.3, 0.4) is 0 Å². The predicted molar refractivity (Wildman–Crippen MR) is 69.4 cm³/mol. The van der Waals surface area contributed by atoms with E-state index in [1.807, 2.05) is 0 Å². The summed E-state index contributed by atoms with van der Waals surface area (Å²) in [6.45, 7) is 3.71. The second-order valence-electron chi connectivity index (χ2n) is 4.03. The van der Waals surface area contributed by atoms with Crippen LogP contribution in [0.1, 0.15) is 18.5 Å². The van der Waals surface area contributed by atoms with Crippen molar-refractivity contribution >= 4 is 10.8 Å². The van der Waals surface area contributed by atoms with Gasteiger partial charge in [-0.15, -0.1) is 0 Å². The molecule has 1 unspecified atom stereocenters. The lowest BCUT2D eigenvalue weighted by Crippen LogP contribution is -2.25. The van der Waals surface area contributed by atoms with Crippen LogP contribution >= 0.6 is 0 Å². The van der Waals surface area contributed by atoms with Crippen LogP contribution in [0.5, 0.6) is 0 Å². The average Bonchev–Trinajstić information content (AvgIpc) is 2.35. The summed E-state index contributed by atoms with van der Waals surface area (Å²) in [5.41, 5.74) is 6.84. The molecule has 16 heavy (non-hydrogen) atoms. The third-order valence-electron chi connectivity index (χ3n) is 2.88. The molecule has 2 nitrogen and oxygen atoms in total. The van der Waals surface area contributed by atoms with E-state index in [1.54, 1.807) is 0 Å². The molecule has 0 spiro atoms. The van der Waals surface area contributed by atoms with E-state index < -0.39 is 0 Å². The van der Waals surface area contributed by atoms with Gasteiger partial charge in [0.05, 0.1) is 0 Å². The molecule has 0 saturated carbocycles. The summed E-state index contributed by atoms with van der Waals surface area (Å²) in [5, 5.41) is 6.03. The van der Waals surface area contributed by atoms with Crippen molar-refractivity contribution < 1.29 is 0 Å². The molecule has 1 atom stereocenters. The third-order valence-corrected chi connectivity index (χ3v) is 2.88. The molecule has 2 rings (SSSR count). The fourth-order valence-electron chi connectivity index (χ4n) is 2.04. The highest BCUT2D eigenvalue weighted by Gasteiger charge is 2.07. The number of nitrogens with one attached hydrogen (secondary N) is 1. The molecule has 0 aromatic heterocycles. The second-order valence-corrected chi connectivity index (χ2v) is 4.03. The van der Waals surface area contributed by atoms with Crippen molar-refractivity contribution in [2.24, 2.45) is 5.73 Å². The smallest absolute Gasteiger partial charge is 0.0298 e. The number of hydrogen-bond donors (Lipinski definition) is 2. The lowest BCUT2D eigenvalue weighted by atomic mass is 10.00. The Balaban J connectivity index is 2.36. The highest BCUT2D eigenvalue weighted by atomic mass is 14.9. The molecule has 0 amide bonds. The van der Waals surface area contributed by atoms with Gasteiger partial charge in [0.1, 0.15) is 0 Å². The van der Waals surface area contributed by atoms with E-state index in [2.05, 4.69) is 54.7 Å². The van der Waals surface area contributed by atoms with Crippen LogP contribution in [-0.4, -0.2) is 13.1 Å². The van der Waals surface area contributed by atoms with E-state index in [4.69, 9.17) is 5.73 Å². The summed E-state index contributed by atoms with van der Waals surface area (Å²) in [6, 6.07) is 15.3. The molecule has 0 saturated heterocycles. The molecule has 0 aliphatic heterocycles. The van der Waals surface area contributed by atoms with Gasteiger partial charge < -0.3 is 11.1 Å². The fraction of sp³-hybridized carbons (Fsp3) is 0.286. The maximum absolute atomic E-state index is 5.51. The zero-order chi connectivity index (χ0) is 11.4. The largest absolute Gasteiger partial charge is 0.329 e. The van der Waals surface area contributed by atoms with Gasteiger partial charge in [0.25, 0.3) is 0 Å². The van der Waals surface area contributed by atoms with Gasteiger partial charge in [-0.25, -0.2) is 0 Å². The summed E-state index contributed by atoms with van der Waals surface area (Å²) in [6.07, 6.45) is 0. The minimum Gasteiger partial charge on any atom is -0.329 e. The first-order chi connectivity index (χ1) is 7.83. The number of rotatable bonds is 4. The van der Waals surface area contributed by atoms with Crippen LogP contribution in [0.15, 0.2) is 42.5 Å². The van der Waals surface area contributed by atoms with Gasteiger partial charge >= 0.3 is 0 Å². The van der Waals surface area contributed by atoms with E-state index >= 15 is 0 Å². The number of benzene rings is 2. The Kier molecular flexibility index (Phi) is 3.54. The summed E-state index contributed by atoms with van der Waals surface area (Å²) < 4.78 is 0. The standard InChI is InChI=1S/C14H18N2/c1-11(16-10-9-15)13-8-4-6-12-5-2-3-7-14(12)13/h2-8,11,16H,9-10,15H2,1H3. The zero-order valence-corrected chi connectivity index (χ0v) is 9.61. The second kappa shape index (κ2) is 5.10. The van der Waals surface area contributed by atoms with Crippen LogP contribution in [0.2, 0.25) is 0 Å². The van der Waals surface area contributed by atoms with Gasteiger partial charge in [-0.3, -0.25) is 0 Å². The first kappa shape index (κ1) is 11.1. The van der Waals surface area contributed by atoms with Gasteiger partial charge in [0, 0.05) is 19.1 Å². The van der Waals surface area contributed by atoms with Gasteiger partial charge in [-0.1, -0.05) is 42.5 Å². The topological polar surface area (TPSA) is 38.0 Å². The molecule has 0 radical (unpaired) electrons. The molecule has 0 aliphatic rings. The van der Waals surface area contributed by atoms with Crippen molar-refractivity contribution in [3.63, 3.8) is 0 Å². The molecule has 2 aromatic rings. The van der Waals surface area contributed by atoms with Crippen LogP contribution < -0.4 is 11.1 Å². The molecule has 3 N–H and O–H groups in total. The van der Waals surface area contributed by atoms with E-state index in [1.165, 1.54) is 16.3 Å². The van der Waals surface area contributed by atoms with E-state index in [0.29, 0.717) is 12.6 Å². The van der Waals surface area contributed by atoms with E-state index in [-0.39, 0.29) is 0 Å². The summed E-state index contributed by atoms with van der Waals surface area (Å²) >= 11 is 0. The minimum absolute atomic E-state index is 0.342. The average molecular weight is 214 g/mol. The van der Waals surface area contributed by atoms with Gasteiger partial charge in [-0.05, 0) is 23.3 Å². The summed E-state index contributed by atoms with van der Waals surface area (Å²) in [4.78, 5) is 0. The number of nitrogens with two attached hydrogens (primary N) is 1. The lowest BCUT2D eigenvalue weighted by molar-refractivity contribution is 0.585. The van der Waals surface area contributed by atoms with Crippen LogP contribution in [0, 0.1) is 0 Å². The van der Waals surface area contributed by atoms with Crippen molar-refractivity contribution in [3.05, 3.63) is 48.0 Å². The van der Waals surface area contributed by atoms with E-state index in [0.717, 1.165) is 6.54 Å².